The zero-order chi connectivity index (χ0) is 11.7. The van der Waals surface area contributed by atoms with Crippen molar-refractivity contribution in [2.45, 2.75) is 26.7 Å². The van der Waals surface area contributed by atoms with Crippen molar-refractivity contribution in [1.82, 2.24) is 0 Å². The highest BCUT2D eigenvalue weighted by molar-refractivity contribution is 9.10. The molecule has 1 heterocycles. The van der Waals surface area contributed by atoms with E-state index >= 15 is 0 Å². The topological polar surface area (TPSA) is 35.5 Å². The monoisotopic (exact) mass is 284 g/mol. The van der Waals surface area contributed by atoms with Crippen molar-refractivity contribution in [1.29, 1.82) is 0 Å². The molecule has 86 valence electrons. The number of rotatable bonds is 3. The van der Waals surface area contributed by atoms with E-state index in [0.717, 1.165) is 33.5 Å². The highest BCUT2D eigenvalue weighted by atomic mass is 79.9. The van der Waals surface area contributed by atoms with Crippen LogP contribution in [-0.4, -0.2) is 12.6 Å². The highest BCUT2D eigenvalue weighted by Gasteiger charge is 2.22. The molecule has 0 atom stereocenters. The molecule has 0 aromatic heterocycles. The SMILES string of the molecule is CCc1c(CC(C)=O)cc2c(c1Br)OCO2. The number of hydrogen-bond donors (Lipinski definition) is 0. The second-order valence-electron chi connectivity index (χ2n) is 3.79. The zero-order valence-electron chi connectivity index (χ0n) is 9.30. The summed E-state index contributed by atoms with van der Waals surface area (Å²) in [6, 6.07) is 1.91. The Morgan fingerprint density at radius 3 is 2.88 bits per heavy atom. The molecule has 1 aliphatic heterocycles. The summed E-state index contributed by atoms with van der Waals surface area (Å²) in [6.07, 6.45) is 1.30. The van der Waals surface area contributed by atoms with Gasteiger partial charge in [-0.05, 0) is 46.5 Å². The Hall–Kier alpha value is -1.03. The second-order valence-corrected chi connectivity index (χ2v) is 4.59. The van der Waals surface area contributed by atoms with E-state index in [9.17, 15) is 4.79 Å². The Labute approximate surface area is 103 Å². The number of Topliss-reactive ketones (excluding diaryl/α,β-unsaturated/α-hetero) is 1. The molecular weight excluding hydrogens is 272 g/mol. The fourth-order valence-corrected chi connectivity index (χ4v) is 2.74. The van der Waals surface area contributed by atoms with Crippen LogP contribution < -0.4 is 9.47 Å². The van der Waals surface area contributed by atoms with Gasteiger partial charge in [0.05, 0.1) is 4.47 Å². The lowest BCUT2D eigenvalue weighted by atomic mass is 10.00. The van der Waals surface area contributed by atoms with Gasteiger partial charge in [-0.25, -0.2) is 0 Å². The van der Waals surface area contributed by atoms with Crippen molar-refractivity contribution in [3.8, 4) is 11.5 Å². The molecule has 2 rings (SSSR count). The van der Waals surface area contributed by atoms with Crippen LogP contribution in [0, 0.1) is 0 Å². The lowest BCUT2D eigenvalue weighted by molar-refractivity contribution is -0.116. The number of ketones is 1. The summed E-state index contributed by atoms with van der Waals surface area (Å²) in [6.45, 7) is 3.91. The molecule has 0 bridgehead atoms. The van der Waals surface area contributed by atoms with Gasteiger partial charge in [0.1, 0.15) is 5.78 Å². The minimum atomic E-state index is 0.153. The van der Waals surface area contributed by atoms with E-state index in [4.69, 9.17) is 9.47 Å². The fraction of sp³-hybridized carbons (Fsp3) is 0.417. The van der Waals surface area contributed by atoms with Gasteiger partial charge in [0.2, 0.25) is 6.79 Å². The third-order valence-corrected chi connectivity index (χ3v) is 3.43. The van der Waals surface area contributed by atoms with Crippen molar-refractivity contribution in [2.24, 2.45) is 0 Å². The molecule has 0 fully saturated rings. The number of carbonyl (C=O) groups excluding carboxylic acids is 1. The van der Waals surface area contributed by atoms with Crippen molar-refractivity contribution < 1.29 is 14.3 Å². The average Bonchev–Trinajstić information content (AvgIpc) is 2.65. The van der Waals surface area contributed by atoms with Crippen molar-refractivity contribution in [2.75, 3.05) is 6.79 Å². The van der Waals surface area contributed by atoms with Gasteiger partial charge in [-0.15, -0.1) is 0 Å². The second kappa shape index (κ2) is 4.45. The first-order valence-electron chi connectivity index (χ1n) is 5.22. The molecule has 0 N–H and O–H groups in total. The van der Waals surface area contributed by atoms with E-state index in [2.05, 4.69) is 22.9 Å². The lowest BCUT2D eigenvalue weighted by Crippen LogP contribution is -2.01. The van der Waals surface area contributed by atoms with Gasteiger partial charge in [-0.2, -0.15) is 0 Å². The van der Waals surface area contributed by atoms with Crippen LogP contribution in [0.1, 0.15) is 25.0 Å². The van der Waals surface area contributed by atoms with Crippen LogP contribution in [0.5, 0.6) is 11.5 Å². The Kier molecular flexibility index (Phi) is 3.19. The van der Waals surface area contributed by atoms with Crippen LogP contribution in [0.15, 0.2) is 10.5 Å². The summed E-state index contributed by atoms with van der Waals surface area (Å²) >= 11 is 3.52. The van der Waals surface area contributed by atoms with Gasteiger partial charge >= 0.3 is 0 Å². The van der Waals surface area contributed by atoms with Gasteiger partial charge in [0.25, 0.3) is 0 Å². The quantitative estimate of drug-likeness (QED) is 0.856. The molecule has 1 aromatic rings. The first kappa shape index (κ1) is 11.5. The summed E-state index contributed by atoms with van der Waals surface area (Å²) in [4.78, 5) is 11.2. The number of benzene rings is 1. The maximum Gasteiger partial charge on any atom is 0.231 e. The summed E-state index contributed by atoms with van der Waals surface area (Å²) < 4.78 is 11.6. The van der Waals surface area contributed by atoms with Crippen molar-refractivity contribution in [3.63, 3.8) is 0 Å². The Morgan fingerprint density at radius 2 is 2.25 bits per heavy atom. The van der Waals surface area contributed by atoms with E-state index in [1.165, 1.54) is 0 Å². The molecule has 4 heteroatoms. The minimum absolute atomic E-state index is 0.153. The van der Waals surface area contributed by atoms with Crippen LogP contribution in [0.4, 0.5) is 0 Å². The molecule has 0 saturated heterocycles. The largest absolute Gasteiger partial charge is 0.454 e. The first-order chi connectivity index (χ1) is 7.63. The standard InChI is InChI=1S/C12H13BrO3/c1-3-9-8(4-7(2)14)5-10-12(11(9)13)16-6-15-10/h5H,3-4,6H2,1-2H3. The molecule has 3 nitrogen and oxygen atoms in total. The van der Waals surface area contributed by atoms with Crippen LogP contribution in [-0.2, 0) is 17.6 Å². The van der Waals surface area contributed by atoms with Gasteiger partial charge in [-0.3, -0.25) is 4.79 Å². The fourth-order valence-electron chi connectivity index (χ4n) is 1.90. The third-order valence-electron chi connectivity index (χ3n) is 2.59. The summed E-state index contributed by atoms with van der Waals surface area (Å²) in [5.74, 6) is 1.63. The van der Waals surface area contributed by atoms with E-state index in [0.29, 0.717) is 6.42 Å². The van der Waals surface area contributed by atoms with Crippen LogP contribution in [0.2, 0.25) is 0 Å². The van der Waals surface area contributed by atoms with E-state index in [1.54, 1.807) is 6.92 Å². The number of ether oxygens (including phenoxy) is 2. The van der Waals surface area contributed by atoms with Gasteiger partial charge in [0.15, 0.2) is 11.5 Å². The Morgan fingerprint density at radius 1 is 1.50 bits per heavy atom. The maximum absolute atomic E-state index is 11.2. The maximum atomic E-state index is 11.2. The van der Waals surface area contributed by atoms with Crippen LogP contribution in [0.25, 0.3) is 0 Å². The van der Waals surface area contributed by atoms with Gasteiger partial charge < -0.3 is 9.47 Å². The molecular formula is C12H13BrO3. The Bertz CT molecular complexity index is 440. The Balaban J connectivity index is 2.52. The lowest BCUT2D eigenvalue weighted by Gasteiger charge is -2.11. The molecule has 16 heavy (non-hydrogen) atoms. The molecule has 0 aliphatic carbocycles. The molecule has 0 unspecified atom stereocenters. The predicted octanol–water partition coefficient (Wildman–Crippen LogP) is 2.87. The van der Waals surface area contributed by atoms with Crippen LogP contribution >= 0.6 is 15.9 Å². The number of carbonyl (C=O) groups is 1. The zero-order valence-corrected chi connectivity index (χ0v) is 10.9. The van der Waals surface area contributed by atoms with Crippen molar-refractivity contribution >= 4 is 21.7 Å². The highest BCUT2D eigenvalue weighted by Crippen LogP contribution is 2.43. The smallest absolute Gasteiger partial charge is 0.231 e. The number of hydrogen-bond acceptors (Lipinski definition) is 3. The van der Waals surface area contributed by atoms with E-state index in [1.807, 2.05) is 6.07 Å². The molecule has 1 aliphatic rings. The first-order valence-corrected chi connectivity index (χ1v) is 6.02. The molecule has 0 spiro atoms. The van der Waals surface area contributed by atoms with E-state index < -0.39 is 0 Å². The number of halogens is 1. The summed E-state index contributed by atoms with van der Waals surface area (Å²) in [5, 5.41) is 0. The molecule has 0 saturated carbocycles. The third kappa shape index (κ3) is 1.94. The number of fused-ring (bicyclic) bond motifs is 1. The predicted molar refractivity (Wildman–Crippen MR) is 64.0 cm³/mol. The van der Waals surface area contributed by atoms with Crippen molar-refractivity contribution in [3.05, 3.63) is 21.7 Å². The van der Waals surface area contributed by atoms with Gasteiger partial charge in [-0.1, -0.05) is 6.92 Å². The van der Waals surface area contributed by atoms with Crippen LogP contribution in [0.3, 0.4) is 0 Å². The summed E-state index contributed by atoms with van der Waals surface area (Å²) in [7, 11) is 0. The summed E-state index contributed by atoms with van der Waals surface area (Å²) in [5.41, 5.74) is 2.14. The average molecular weight is 285 g/mol. The molecule has 1 aromatic carbocycles. The van der Waals surface area contributed by atoms with Gasteiger partial charge in [0, 0.05) is 6.42 Å². The minimum Gasteiger partial charge on any atom is -0.454 e. The van der Waals surface area contributed by atoms with E-state index in [-0.39, 0.29) is 12.6 Å². The normalized spacial score (nSPS) is 12.9. The molecule has 0 amide bonds. The molecule has 0 radical (unpaired) electrons.